The molecule has 1 aromatic carbocycles. The molecule has 0 spiro atoms. The van der Waals surface area contributed by atoms with E-state index in [4.69, 9.17) is 0 Å². The van der Waals surface area contributed by atoms with E-state index in [9.17, 15) is 14.9 Å². The summed E-state index contributed by atoms with van der Waals surface area (Å²) in [7, 11) is 0. The first-order chi connectivity index (χ1) is 14.1. The molecule has 0 saturated carbocycles. The van der Waals surface area contributed by atoms with Gasteiger partial charge in [-0.25, -0.2) is 0 Å². The van der Waals surface area contributed by atoms with Crippen LogP contribution in [0.5, 0.6) is 0 Å². The van der Waals surface area contributed by atoms with Crippen LogP contribution in [0.25, 0.3) is 10.8 Å². The number of hydrogen-bond donors (Lipinski definition) is 0. The zero-order chi connectivity index (χ0) is 20.2. The van der Waals surface area contributed by atoms with Gasteiger partial charge < -0.3 is 9.80 Å². The first-order valence-electron chi connectivity index (χ1n) is 10.4. The van der Waals surface area contributed by atoms with Crippen molar-refractivity contribution in [1.29, 1.82) is 0 Å². The lowest BCUT2D eigenvalue weighted by Crippen LogP contribution is -2.50. The number of hydrogen-bond acceptors (Lipinski definition) is 6. The van der Waals surface area contributed by atoms with Crippen molar-refractivity contribution in [3.63, 3.8) is 0 Å². The molecule has 0 radical (unpaired) electrons. The maximum Gasteiger partial charge on any atom is 0.278 e. The minimum atomic E-state index is -0.361. The fraction of sp³-hybridized carbons (Fsp3) is 0.524. The van der Waals surface area contributed by atoms with Crippen LogP contribution in [0.15, 0.2) is 30.6 Å². The van der Waals surface area contributed by atoms with Crippen molar-refractivity contribution in [2.75, 3.05) is 50.7 Å². The average molecular weight is 397 g/mol. The van der Waals surface area contributed by atoms with Gasteiger partial charge in [-0.1, -0.05) is 12.8 Å². The normalized spacial score (nSPS) is 18.6. The Labute approximate surface area is 170 Å². The van der Waals surface area contributed by atoms with Gasteiger partial charge in [0.15, 0.2) is 0 Å². The molecule has 0 aliphatic carbocycles. The van der Waals surface area contributed by atoms with Crippen molar-refractivity contribution in [2.45, 2.75) is 25.7 Å². The highest BCUT2D eigenvalue weighted by molar-refractivity contribution is 5.99. The Morgan fingerprint density at radius 1 is 0.966 bits per heavy atom. The predicted molar refractivity (Wildman–Crippen MR) is 112 cm³/mol. The highest BCUT2D eigenvalue weighted by Crippen LogP contribution is 2.33. The molecule has 1 amide bonds. The number of likely N-dealkylation sites (tertiary alicyclic amines) is 1. The SMILES string of the molecule is O=C(CN1CCN(c2ccc([N+](=O)[O-])c3cnccc23)CC1)N1CCCCCC1. The van der Waals surface area contributed by atoms with Crippen LogP contribution >= 0.6 is 0 Å². The minimum absolute atomic E-state index is 0.0820. The molecule has 8 nitrogen and oxygen atoms in total. The molecule has 154 valence electrons. The van der Waals surface area contributed by atoms with Crippen LogP contribution in [0.4, 0.5) is 11.4 Å². The number of rotatable bonds is 4. The van der Waals surface area contributed by atoms with E-state index in [0.717, 1.165) is 63.2 Å². The number of carbonyl (C=O) groups is 1. The first kappa shape index (κ1) is 19.6. The average Bonchev–Trinajstić information content (AvgIpc) is 3.03. The third-order valence-electron chi connectivity index (χ3n) is 6.00. The number of benzene rings is 1. The van der Waals surface area contributed by atoms with Gasteiger partial charge in [-0.15, -0.1) is 0 Å². The topological polar surface area (TPSA) is 82.8 Å². The molecule has 0 atom stereocenters. The van der Waals surface area contributed by atoms with Crippen LogP contribution in [0.1, 0.15) is 25.7 Å². The highest BCUT2D eigenvalue weighted by Gasteiger charge is 2.24. The number of nitro groups is 1. The lowest BCUT2D eigenvalue weighted by molar-refractivity contribution is -0.383. The summed E-state index contributed by atoms with van der Waals surface area (Å²) in [5, 5.41) is 12.7. The maximum absolute atomic E-state index is 12.6. The highest BCUT2D eigenvalue weighted by atomic mass is 16.6. The molecule has 0 bridgehead atoms. The molecule has 3 heterocycles. The van der Waals surface area contributed by atoms with E-state index < -0.39 is 0 Å². The summed E-state index contributed by atoms with van der Waals surface area (Å²) < 4.78 is 0. The third-order valence-corrected chi connectivity index (χ3v) is 6.00. The monoisotopic (exact) mass is 397 g/mol. The Kier molecular flexibility index (Phi) is 5.89. The molecule has 1 aromatic heterocycles. The minimum Gasteiger partial charge on any atom is -0.368 e. The van der Waals surface area contributed by atoms with Crippen LogP contribution in [0, 0.1) is 10.1 Å². The van der Waals surface area contributed by atoms with Crippen molar-refractivity contribution in [3.05, 3.63) is 40.7 Å². The summed E-state index contributed by atoms with van der Waals surface area (Å²) in [6.45, 7) is 5.47. The van der Waals surface area contributed by atoms with E-state index in [1.165, 1.54) is 12.8 Å². The third kappa shape index (κ3) is 4.32. The number of piperazine rings is 1. The fourth-order valence-corrected chi connectivity index (χ4v) is 4.35. The second kappa shape index (κ2) is 8.73. The van der Waals surface area contributed by atoms with Crippen LogP contribution < -0.4 is 4.90 Å². The largest absolute Gasteiger partial charge is 0.368 e. The lowest BCUT2D eigenvalue weighted by Gasteiger charge is -2.37. The van der Waals surface area contributed by atoms with E-state index >= 15 is 0 Å². The van der Waals surface area contributed by atoms with Crippen LogP contribution in [-0.4, -0.2) is 71.4 Å². The molecule has 2 aliphatic rings. The molecule has 2 aliphatic heterocycles. The van der Waals surface area contributed by atoms with E-state index in [0.29, 0.717) is 11.9 Å². The summed E-state index contributed by atoms with van der Waals surface area (Å²) in [5.41, 5.74) is 1.07. The Morgan fingerprint density at radius 2 is 1.69 bits per heavy atom. The molecular weight excluding hydrogens is 370 g/mol. The Bertz CT molecular complexity index is 887. The van der Waals surface area contributed by atoms with Crippen molar-refractivity contribution >= 4 is 28.1 Å². The van der Waals surface area contributed by atoms with Crippen molar-refractivity contribution in [1.82, 2.24) is 14.8 Å². The number of aromatic nitrogens is 1. The fourth-order valence-electron chi connectivity index (χ4n) is 4.35. The van der Waals surface area contributed by atoms with Gasteiger partial charge in [0.05, 0.1) is 16.9 Å². The number of fused-ring (bicyclic) bond motifs is 1. The van der Waals surface area contributed by atoms with E-state index in [1.807, 2.05) is 17.0 Å². The lowest BCUT2D eigenvalue weighted by atomic mass is 10.1. The summed E-state index contributed by atoms with van der Waals surface area (Å²) in [6, 6.07) is 5.24. The second-order valence-electron chi connectivity index (χ2n) is 7.84. The zero-order valence-corrected chi connectivity index (χ0v) is 16.6. The number of nitrogens with zero attached hydrogens (tertiary/aromatic N) is 5. The number of pyridine rings is 1. The number of anilines is 1. The molecule has 29 heavy (non-hydrogen) atoms. The molecule has 8 heteroatoms. The Hall–Kier alpha value is -2.74. The standard InChI is InChI=1S/C21H27N5O3/c27-21(25-9-3-1-2-4-10-25)16-23-11-13-24(14-12-23)19-5-6-20(26(28)29)18-15-22-8-7-17(18)19/h5-8,15H,1-4,9-14,16H2. The van der Waals surface area contributed by atoms with Gasteiger partial charge in [0.2, 0.25) is 5.91 Å². The van der Waals surface area contributed by atoms with E-state index in [-0.39, 0.29) is 16.5 Å². The summed E-state index contributed by atoms with van der Waals surface area (Å²) in [6.07, 6.45) is 7.91. The molecular formula is C21H27N5O3. The Balaban J connectivity index is 1.42. The maximum atomic E-state index is 12.6. The zero-order valence-electron chi connectivity index (χ0n) is 16.6. The van der Waals surface area contributed by atoms with Crippen LogP contribution in [0.3, 0.4) is 0 Å². The Morgan fingerprint density at radius 3 is 2.38 bits per heavy atom. The molecule has 2 aromatic rings. The van der Waals surface area contributed by atoms with E-state index in [2.05, 4.69) is 14.8 Å². The number of carbonyl (C=O) groups excluding carboxylic acids is 1. The first-order valence-corrected chi connectivity index (χ1v) is 10.4. The summed E-state index contributed by atoms with van der Waals surface area (Å²) in [5.74, 6) is 0.243. The van der Waals surface area contributed by atoms with Crippen LogP contribution in [-0.2, 0) is 4.79 Å². The number of non-ortho nitro benzene ring substituents is 1. The van der Waals surface area contributed by atoms with Gasteiger partial charge >= 0.3 is 0 Å². The second-order valence-corrected chi connectivity index (χ2v) is 7.84. The van der Waals surface area contributed by atoms with Gasteiger partial charge in [0.1, 0.15) is 0 Å². The number of amides is 1. The van der Waals surface area contributed by atoms with Gasteiger partial charge in [0.25, 0.3) is 5.69 Å². The molecule has 0 N–H and O–H groups in total. The molecule has 2 fully saturated rings. The molecule has 0 unspecified atom stereocenters. The predicted octanol–water partition coefficient (Wildman–Crippen LogP) is 2.67. The number of nitro benzene ring substituents is 1. The molecule has 2 saturated heterocycles. The van der Waals surface area contributed by atoms with Crippen LogP contribution in [0.2, 0.25) is 0 Å². The van der Waals surface area contributed by atoms with Crippen molar-refractivity contribution in [2.24, 2.45) is 0 Å². The van der Waals surface area contributed by atoms with Gasteiger partial charge in [-0.3, -0.25) is 24.8 Å². The smallest absolute Gasteiger partial charge is 0.278 e. The van der Waals surface area contributed by atoms with Crippen molar-refractivity contribution < 1.29 is 9.72 Å². The summed E-state index contributed by atoms with van der Waals surface area (Å²) >= 11 is 0. The van der Waals surface area contributed by atoms with Gasteiger partial charge in [-0.2, -0.15) is 0 Å². The molecule has 4 rings (SSSR count). The van der Waals surface area contributed by atoms with E-state index in [1.54, 1.807) is 18.5 Å². The quantitative estimate of drug-likeness (QED) is 0.583. The summed E-state index contributed by atoms with van der Waals surface area (Å²) in [4.78, 5) is 34.2. The van der Waals surface area contributed by atoms with Gasteiger partial charge in [-0.05, 0) is 25.0 Å². The van der Waals surface area contributed by atoms with Gasteiger partial charge in [0, 0.05) is 68.8 Å². The van der Waals surface area contributed by atoms with Crippen molar-refractivity contribution in [3.8, 4) is 0 Å².